The Morgan fingerprint density at radius 3 is 1.71 bits per heavy atom. The second kappa shape index (κ2) is 10.3. The van der Waals surface area contributed by atoms with Crippen LogP contribution in [0.25, 0.3) is 82.9 Å². The summed E-state index contributed by atoms with van der Waals surface area (Å²) in [7, 11) is 0. The molecule has 0 saturated carbocycles. The largest absolute Gasteiger partial charge is 0.309 e. The Hall–Kier alpha value is -6.06. The molecule has 0 fully saturated rings. The van der Waals surface area contributed by atoms with Crippen molar-refractivity contribution in [1.29, 1.82) is 0 Å². The van der Waals surface area contributed by atoms with Crippen molar-refractivity contribution in [2.45, 2.75) is 0 Å². The third-order valence-corrected chi connectivity index (χ3v) is 8.76. The summed E-state index contributed by atoms with van der Waals surface area (Å²) in [6.07, 6.45) is 0. The van der Waals surface area contributed by atoms with E-state index < -0.39 is 0 Å². The molecule has 0 spiro atoms. The van der Waals surface area contributed by atoms with Gasteiger partial charge in [0, 0.05) is 27.6 Å². The average Bonchev–Trinajstić information content (AvgIpc) is 3.46. The lowest BCUT2D eigenvalue weighted by Gasteiger charge is -2.13. The molecule has 0 aliphatic carbocycles. The Kier molecular flexibility index (Phi) is 5.82. The maximum atomic E-state index is 5.29. The van der Waals surface area contributed by atoms with Crippen molar-refractivity contribution in [1.82, 2.24) is 14.5 Å². The van der Waals surface area contributed by atoms with E-state index in [0.717, 1.165) is 39.2 Å². The molecule has 45 heavy (non-hydrogen) atoms. The van der Waals surface area contributed by atoms with Crippen molar-refractivity contribution in [2.24, 2.45) is 0 Å². The molecule has 0 aliphatic rings. The van der Waals surface area contributed by atoms with Gasteiger partial charge in [-0.2, -0.15) is 0 Å². The number of fused-ring (bicyclic) bond motifs is 6. The number of hydrogen-bond donors (Lipinski definition) is 0. The molecule has 3 heteroatoms. The molecular formula is C42H27N3. The maximum absolute atomic E-state index is 5.29. The van der Waals surface area contributed by atoms with Crippen molar-refractivity contribution in [2.75, 3.05) is 0 Å². The van der Waals surface area contributed by atoms with Crippen LogP contribution in [0.4, 0.5) is 0 Å². The molecule has 0 aliphatic heterocycles. The SMILES string of the molecule is c1ccc(-c2ccc3c4c5ccccc5ccc4n(-c4ccc5nc(-c6ccccc6)c(-c6ccccc6)nc5c4)c3c2)cc1. The third-order valence-electron chi connectivity index (χ3n) is 8.76. The molecule has 9 rings (SSSR count). The summed E-state index contributed by atoms with van der Waals surface area (Å²) < 4.78 is 2.39. The summed E-state index contributed by atoms with van der Waals surface area (Å²) in [5.74, 6) is 0. The minimum Gasteiger partial charge on any atom is -0.309 e. The van der Waals surface area contributed by atoms with Gasteiger partial charge in [-0.3, -0.25) is 0 Å². The highest BCUT2D eigenvalue weighted by atomic mass is 15.0. The van der Waals surface area contributed by atoms with Crippen molar-refractivity contribution in [3.05, 3.63) is 164 Å². The molecule has 0 amide bonds. The predicted molar refractivity (Wildman–Crippen MR) is 188 cm³/mol. The van der Waals surface area contributed by atoms with Gasteiger partial charge in [-0.05, 0) is 52.2 Å². The summed E-state index contributed by atoms with van der Waals surface area (Å²) in [6.45, 7) is 0. The van der Waals surface area contributed by atoms with Crippen LogP contribution in [-0.4, -0.2) is 14.5 Å². The van der Waals surface area contributed by atoms with Crippen LogP contribution in [0, 0.1) is 0 Å². The average molecular weight is 574 g/mol. The lowest BCUT2D eigenvalue weighted by molar-refractivity contribution is 1.18. The first kappa shape index (κ1) is 25.4. The summed E-state index contributed by atoms with van der Waals surface area (Å²) >= 11 is 0. The zero-order chi connectivity index (χ0) is 29.7. The maximum Gasteiger partial charge on any atom is 0.0973 e. The van der Waals surface area contributed by atoms with E-state index in [1.54, 1.807) is 0 Å². The van der Waals surface area contributed by atoms with Crippen LogP contribution in [0.3, 0.4) is 0 Å². The molecule has 2 heterocycles. The number of aromatic nitrogens is 3. The van der Waals surface area contributed by atoms with E-state index in [0.29, 0.717) is 0 Å². The Balaban J connectivity index is 1.33. The summed E-state index contributed by atoms with van der Waals surface area (Å²) in [5.41, 5.74) is 11.4. The highest BCUT2D eigenvalue weighted by molar-refractivity contribution is 6.21. The van der Waals surface area contributed by atoms with Crippen molar-refractivity contribution in [3.8, 4) is 39.3 Å². The van der Waals surface area contributed by atoms with Crippen LogP contribution in [0.5, 0.6) is 0 Å². The summed E-state index contributed by atoms with van der Waals surface area (Å²) in [5, 5.41) is 4.99. The number of rotatable bonds is 4. The molecule has 3 nitrogen and oxygen atoms in total. The second-order valence-electron chi connectivity index (χ2n) is 11.4. The molecule has 7 aromatic carbocycles. The smallest absolute Gasteiger partial charge is 0.0973 e. The first-order valence-electron chi connectivity index (χ1n) is 15.3. The highest BCUT2D eigenvalue weighted by Crippen LogP contribution is 2.39. The van der Waals surface area contributed by atoms with Crippen LogP contribution >= 0.6 is 0 Å². The normalized spacial score (nSPS) is 11.6. The van der Waals surface area contributed by atoms with E-state index in [4.69, 9.17) is 9.97 Å². The van der Waals surface area contributed by atoms with Gasteiger partial charge in [0.15, 0.2) is 0 Å². The summed E-state index contributed by atoms with van der Waals surface area (Å²) in [4.78, 5) is 10.5. The lowest BCUT2D eigenvalue weighted by Crippen LogP contribution is -1.98. The van der Waals surface area contributed by atoms with Gasteiger partial charge >= 0.3 is 0 Å². The zero-order valence-electron chi connectivity index (χ0n) is 24.4. The molecular weight excluding hydrogens is 546 g/mol. The molecule has 0 saturated heterocycles. The van der Waals surface area contributed by atoms with Crippen LogP contribution in [-0.2, 0) is 0 Å². The van der Waals surface area contributed by atoms with Gasteiger partial charge in [-0.1, -0.05) is 133 Å². The van der Waals surface area contributed by atoms with Gasteiger partial charge in [0.1, 0.15) is 0 Å². The van der Waals surface area contributed by atoms with Crippen LogP contribution in [0.15, 0.2) is 164 Å². The van der Waals surface area contributed by atoms with E-state index in [9.17, 15) is 0 Å². The van der Waals surface area contributed by atoms with Gasteiger partial charge in [0.2, 0.25) is 0 Å². The minimum atomic E-state index is 0.862. The second-order valence-corrected chi connectivity index (χ2v) is 11.4. The molecule has 0 bridgehead atoms. The van der Waals surface area contributed by atoms with Crippen molar-refractivity contribution < 1.29 is 0 Å². The minimum absolute atomic E-state index is 0.862. The first-order chi connectivity index (χ1) is 22.3. The highest BCUT2D eigenvalue weighted by Gasteiger charge is 2.18. The fourth-order valence-electron chi connectivity index (χ4n) is 6.65. The molecule has 0 N–H and O–H groups in total. The lowest BCUT2D eigenvalue weighted by atomic mass is 10.0. The van der Waals surface area contributed by atoms with Crippen molar-refractivity contribution >= 4 is 43.6 Å². The van der Waals surface area contributed by atoms with E-state index in [-0.39, 0.29) is 0 Å². The molecule has 210 valence electrons. The number of hydrogen-bond acceptors (Lipinski definition) is 2. The monoisotopic (exact) mass is 573 g/mol. The van der Waals surface area contributed by atoms with E-state index in [2.05, 4.69) is 156 Å². The number of nitrogens with zero attached hydrogens (tertiary/aromatic N) is 3. The van der Waals surface area contributed by atoms with Crippen molar-refractivity contribution in [3.63, 3.8) is 0 Å². The fourth-order valence-corrected chi connectivity index (χ4v) is 6.65. The molecule has 0 radical (unpaired) electrons. The van der Waals surface area contributed by atoms with Gasteiger partial charge in [-0.15, -0.1) is 0 Å². The predicted octanol–water partition coefficient (Wildman–Crippen LogP) is 10.9. The fraction of sp³-hybridized carbons (Fsp3) is 0. The Labute approximate surface area is 260 Å². The van der Waals surface area contributed by atoms with E-state index in [1.165, 1.54) is 43.7 Å². The van der Waals surface area contributed by atoms with Crippen LogP contribution in [0.2, 0.25) is 0 Å². The third kappa shape index (κ3) is 4.21. The topological polar surface area (TPSA) is 30.7 Å². The zero-order valence-corrected chi connectivity index (χ0v) is 24.4. The standard InChI is InChI=1S/C42H27N3/c1-4-12-28(13-5-1)32-20-23-35-39(26-32)45(38-25-21-29-14-10-11-19-34(29)40(35)38)33-22-24-36-37(27-33)44-42(31-17-8-3-9-18-31)41(43-36)30-15-6-2-7-16-30/h1-27H. The Bertz CT molecular complexity index is 2510. The molecule has 2 aromatic heterocycles. The number of benzene rings is 7. The Morgan fingerprint density at radius 2 is 1.00 bits per heavy atom. The first-order valence-corrected chi connectivity index (χ1v) is 15.3. The van der Waals surface area contributed by atoms with Gasteiger partial charge in [0.05, 0.1) is 33.5 Å². The van der Waals surface area contributed by atoms with Crippen LogP contribution in [0.1, 0.15) is 0 Å². The van der Waals surface area contributed by atoms with Gasteiger partial charge < -0.3 is 4.57 Å². The summed E-state index contributed by atoms with van der Waals surface area (Å²) in [6, 6.07) is 57.8. The van der Waals surface area contributed by atoms with E-state index in [1.807, 2.05) is 12.1 Å². The van der Waals surface area contributed by atoms with E-state index >= 15 is 0 Å². The molecule has 9 aromatic rings. The molecule has 0 atom stereocenters. The van der Waals surface area contributed by atoms with Gasteiger partial charge in [0.25, 0.3) is 0 Å². The quantitative estimate of drug-likeness (QED) is 0.210. The van der Waals surface area contributed by atoms with Gasteiger partial charge in [-0.25, -0.2) is 9.97 Å². The molecule has 0 unspecified atom stereocenters. The Morgan fingerprint density at radius 1 is 0.378 bits per heavy atom. The van der Waals surface area contributed by atoms with Crippen LogP contribution < -0.4 is 0 Å².